The van der Waals surface area contributed by atoms with Gasteiger partial charge in [-0.25, -0.2) is 5.10 Å². The van der Waals surface area contributed by atoms with Crippen LogP contribution in [0.5, 0.6) is 0 Å². The molecule has 100 valence electrons. The molecule has 1 aromatic carbocycles. The van der Waals surface area contributed by atoms with E-state index >= 15 is 0 Å². The van der Waals surface area contributed by atoms with Crippen LogP contribution in [0.3, 0.4) is 0 Å². The third-order valence-electron chi connectivity index (χ3n) is 2.66. The number of nitrogens with one attached hydrogen (secondary N) is 3. The Kier molecular flexibility index (Phi) is 3.80. The van der Waals surface area contributed by atoms with E-state index in [0.717, 1.165) is 5.69 Å². The number of benzene rings is 1. The van der Waals surface area contributed by atoms with Crippen LogP contribution in [0.2, 0.25) is 0 Å². The summed E-state index contributed by atoms with van der Waals surface area (Å²) < 4.78 is 0. The minimum atomic E-state index is 0.150. The van der Waals surface area contributed by atoms with Crippen molar-refractivity contribution in [1.82, 2.24) is 15.2 Å². The van der Waals surface area contributed by atoms with Crippen molar-refractivity contribution in [2.45, 2.75) is 26.2 Å². The number of hydrogen-bond acceptors (Lipinski definition) is 3. The highest BCUT2D eigenvalue weighted by Crippen LogP contribution is 2.23. The van der Waals surface area contributed by atoms with E-state index in [1.807, 2.05) is 12.1 Å². The average molecular weight is 275 g/mol. The van der Waals surface area contributed by atoms with Crippen molar-refractivity contribution < 1.29 is 0 Å². The molecular formula is C13H17N5S. The second-order valence-corrected chi connectivity index (χ2v) is 5.65. The van der Waals surface area contributed by atoms with Gasteiger partial charge in [0, 0.05) is 5.69 Å². The molecule has 2 rings (SSSR count). The number of hydrogen-bond donors (Lipinski definition) is 3. The predicted molar refractivity (Wildman–Crippen MR) is 81.4 cm³/mol. The highest BCUT2D eigenvalue weighted by atomic mass is 32.1. The van der Waals surface area contributed by atoms with Crippen molar-refractivity contribution >= 4 is 29.0 Å². The minimum absolute atomic E-state index is 0.150. The van der Waals surface area contributed by atoms with Crippen LogP contribution in [-0.4, -0.2) is 20.3 Å². The van der Waals surface area contributed by atoms with E-state index < -0.39 is 0 Å². The van der Waals surface area contributed by atoms with Crippen LogP contribution in [-0.2, 0) is 5.41 Å². The third-order valence-corrected chi connectivity index (χ3v) is 2.86. The van der Waals surface area contributed by atoms with E-state index in [1.165, 1.54) is 11.9 Å². The first-order valence-corrected chi connectivity index (χ1v) is 6.40. The van der Waals surface area contributed by atoms with Crippen LogP contribution >= 0.6 is 12.2 Å². The van der Waals surface area contributed by atoms with Crippen LogP contribution in [0.15, 0.2) is 30.6 Å². The van der Waals surface area contributed by atoms with Crippen molar-refractivity contribution in [2.75, 3.05) is 10.6 Å². The van der Waals surface area contributed by atoms with Gasteiger partial charge in [-0.2, -0.15) is 10.1 Å². The Morgan fingerprint density at radius 2 is 1.84 bits per heavy atom. The molecule has 19 heavy (non-hydrogen) atoms. The Morgan fingerprint density at radius 1 is 1.16 bits per heavy atom. The summed E-state index contributed by atoms with van der Waals surface area (Å²) in [6, 6.07) is 8.21. The van der Waals surface area contributed by atoms with Gasteiger partial charge in [-0.1, -0.05) is 32.9 Å². The standard InChI is InChI=1S/C13H17N5S/c1-13(2,3)9-4-6-10(7-5-9)16-12(19)17-11-14-8-15-18-11/h4-8H,1-3H3,(H3,14,15,16,17,18,19). The fourth-order valence-electron chi connectivity index (χ4n) is 1.59. The molecule has 2 aromatic rings. The van der Waals surface area contributed by atoms with E-state index in [9.17, 15) is 0 Å². The van der Waals surface area contributed by atoms with Crippen LogP contribution < -0.4 is 10.6 Å². The molecule has 0 aliphatic heterocycles. The van der Waals surface area contributed by atoms with Crippen LogP contribution in [0.4, 0.5) is 11.6 Å². The maximum Gasteiger partial charge on any atom is 0.224 e. The smallest absolute Gasteiger partial charge is 0.224 e. The molecule has 0 spiro atoms. The maximum atomic E-state index is 5.18. The first kappa shape index (κ1) is 13.5. The van der Waals surface area contributed by atoms with Gasteiger partial charge in [0.2, 0.25) is 5.95 Å². The second-order valence-electron chi connectivity index (χ2n) is 5.24. The van der Waals surface area contributed by atoms with E-state index in [2.05, 4.69) is 58.7 Å². The number of rotatable bonds is 2. The predicted octanol–water partition coefficient (Wildman–Crippen LogP) is 2.91. The van der Waals surface area contributed by atoms with Crippen molar-refractivity contribution in [2.24, 2.45) is 0 Å². The quantitative estimate of drug-likeness (QED) is 0.735. The number of thiocarbonyl (C=S) groups is 1. The molecule has 0 bridgehead atoms. The average Bonchev–Trinajstić information content (AvgIpc) is 2.81. The normalized spacial score (nSPS) is 11.1. The molecule has 0 saturated carbocycles. The van der Waals surface area contributed by atoms with Crippen molar-refractivity contribution in [3.8, 4) is 0 Å². The topological polar surface area (TPSA) is 65.6 Å². The summed E-state index contributed by atoms with van der Waals surface area (Å²) in [5.74, 6) is 0.517. The fourth-order valence-corrected chi connectivity index (χ4v) is 1.80. The molecule has 0 unspecified atom stereocenters. The summed E-state index contributed by atoms with van der Waals surface area (Å²) in [5.41, 5.74) is 2.37. The van der Waals surface area contributed by atoms with Gasteiger partial charge in [0.05, 0.1) is 0 Å². The van der Waals surface area contributed by atoms with E-state index in [0.29, 0.717) is 11.1 Å². The molecule has 0 amide bonds. The van der Waals surface area contributed by atoms with Gasteiger partial charge in [-0.15, -0.1) is 0 Å². The monoisotopic (exact) mass is 275 g/mol. The van der Waals surface area contributed by atoms with E-state index in [-0.39, 0.29) is 5.41 Å². The van der Waals surface area contributed by atoms with Crippen LogP contribution in [0.1, 0.15) is 26.3 Å². The lowest BCUT2D eigenvalue weighted by molar-refractivity contribution is 0.590. The highest BCUT2D eigenvalue weighted by molar-refractivity contribution is 7.80. The molecule has 0 atom stereocenters. The minimum Gasteiger partial charge on any atom is -0.332 e. The summed E-state index contributed by atoms with van der Waals surface area (Å²) in [4.78, 5) is 3.94. The summed E-state index contributed by atoms with van der Waals surface area (Å²) in [6.07, 6.45) is 1.42. The van der Waals surface area contributed by atoms with Gasteiger partial charge >= 0.3 is 0 Å². The van der Waals surface area contributed by atoms with E-state index in [1.54, 1.807) is 0 Å². The number of aromatic amines is 1. The zero-order chi connectivity index (χ0) is 13.9. The Bertz CT molecular complexity index is 539. The van der Waals surface area contributed by atoms with Crippen LogP contribution in [0, 0.1) is 0 Å². The van der Waals surface area contributed by atoms with Crippen LogP contribution in [0.25, 0.3) is 0 Å². The Hall–Kier alpha value is -1.95. The number of aromatic nitrogens is 3. The van der Waals surface area contributed by atoms with E-state index in [4.69, 9.17) is 12.2 Å². The largest absolute Gasteiger partial charge is 0.332 e. The fraction of sp³-hybridized carbons (Fsp3) is 0.308. The lowest BCUT2D eigenvalue weighted by Gasteiger charge is -2.19. The molecule has 1 aromatic heterocycles. The molecule has 0 fully saturated rings. The number of anilines is 2. The molecule has 3 N–H and O–H groups in total. The molecular weight excluding hydrogens is 258 g/mol. The number of nitrogens with zero attached hydrogens (tertiary/aromatic N) is 2. The van der Waals surface area contributed by atoms with Gasteiger partial charge < -0.3 is 10.6 Å². The molecule has 0 aliphatic rings. The Labute approximate surface area is 117 Å². The maximum absolute atomic E-state index is 5.18. The lowest BCUT2D eigenvalue weighted by Crippen LogP contribution is -2.20. The first-order valence-electron chi connectivity index (χ1n) is 5.99. The van der Waals surface area contributed by atoms with Gasteiger partial charge in [-0.05, 0) is 35.3 Å². The highest BCUT2D eigenvalue weighted by Gasteiger charge is 2.12. The van der Waals surface area contributed by atoms with Crippen molar-refractivity contribution in [1.29, 1.82) is 0 Å². The summed E-state index contributed by atoms with van der Waals surface area (Å²) >= 11 is 5.18. The number of H-pyrrole nitrogens is 1. The van der Waals surface area contributed by atoms with Crippen molar-refractivity contribution in [3.05, 3.63) is 36.2 Å². The Balaban J connectivity index is 1.98. The SMILES string of the molecule is CC(C)(C)c1ccc(NC(=S)Nc2ncn[nH]2)cc1. The van der Waals surface area contributed by atoms with Gasteiger partial charge in [0.15, 0.2) is 5.11 Å². The summed E-state index contributed by atoms with van der Waals surface area (Å²) in [5, 5.41) is 12.9. The Morgan fingerprint density at radius 3 is 2.37 bits per heavy atom. The van der Waals surface area contributed by atoms with Crippen molar-refractivity contribution in [3.63, 3.8) is 0 Å². The molecule has 6 heteroatoms. The zero-order valence-electron chi connectivity index (χ0n) is 11.2. The second kappa shape index (κ2) is 5.36. The third kappa shape index (κ3) is 3.75. The molecule has 0 saturated heterocycles. The first-order chi connectivity index (χ1) is 8.95. The summed E-state index contributed by atoms with van der Waals surface area (Å²) in [7, 11) is 0. The molecule has 5 nitrogen and oxygen atoms in total. The molecule has 1 heterocycles. The zero-order valence-corrected chi connectivity index (χ0v) is 12.0. The van der Waals surface area contributed by atoms with Gasteiger partial charge in [0.1, 0.15) is 6.33 Å². The van der Waals surface area contributed by atoms with Gasteiger partial charge in [0.25, 0.3) is 0 Å². The molecule has 0 radical (unpaired) electrons. The lowest BCUT2D eigenvalue weighted by atomic mass is 9.87. The molecule has 0 aliphatic carbocycles. The van der Waals surface area contributed by atoms with Gasteiger partial charge in [-0.3, -0.25) is 0 Å². The summed E-state index contributed by atoms with van der Waals surface area (Å²) in [6.45, 7) is 6.56.